The SMILES string of the molecule is O=C(OC1CCCCC1)C(F)(F)SOOO. The summed E-state index contributed by atoms with van der Waals surface area (Å²) in [7, 11) is 0. The highest BCUT2D eigenvalue weighted by Crippen LogP contribution is 2.33. The van der Waals surface area contributed by atoms with Crippen LogP contribution in [0.5, 0.6) is 0 Å². The van der Waals surface area contributed by atoms with Gasteiger partial charge in [-0.15, -0.1) is 4.33 Å². The van der Waals surface area contributed by atoms with Crippen molar-refractivity contribution in [1.29, 1.82) is 0 Å². The molecular formula is C8H12F2O5S. The molecule has 0 heterocycles. The Balaban J connectivity index is 2.36. The number of carbonyl (C=O) groups excluding carboxylic acids is 1. The molecule has 0 aliphatic heterocycles. The van der Waals surface area contributed by atoms with Gasteiger partial charge >= 0.3 is 11.2 Å². The molecule has 1 N–H and O–H groups in total. The van der Waals surface area contributed by atoms with Gasteiger partial charge in [0.2, 0.25) is 0 Å². The Bertz CT molecular complexity index is 232. The summed E-state index contributed by atoms with van der Waals surface area (Å²) in [6, 6.07) is 0. The van der Waals surface area contributed by atoms with E-state index in [9.17, 15) is 13.6 Å². The van der Waals surface area contributed by atoms with Crippen LogP contribution in [0.1, 0.15) is 32.1 Å². The van der Waals surface area contributed by atoms with E-state index in [-0.39, 0.29) is 0 Å². The van der Waals surface area contributed by atoms with Crippen LogP contribution in [0.3, 0.4) is 0 Å². The van der Waals surface area contributed by atoms with Crippen molar-refractivity contribution < 1.29 is 32.9 Å². The van der Waals surface area contributed by atoms with Crippen LogP contribution in [-0.2, 0) is 18.9 Å². The lowest BCUT2D eigenvalue weighted by Gasteiger charge is -2.23. The van der Waals surface area contributed by atoms with E-state index in [1.165, 1.54) is 0 Å². The molecule has 0 spiro atoms. The maximum Gasteiger partial charge on any atom is 0.415 e. The predicted molar refractivity (Wildman–Crippen MR) is 50.3 cm³/mol. The lowest BCUT2D eigenvalue weighted by Crippen LogP contribution is -2.32. The first kappa shape index (κ1) is 13.6. The van der Waals surface area contributed by atoms with E-state index < -0.39 is 29.4 Å². The highest BCUT2D eigenvalue weighted by atomic mass is 32.2. The smallest absolute Gasteiger partial charge is 0.415 e. The largest absolute Gasteiger partial charge is 0.457 e. The zero-order valence-electron chi connectivity index (χ0n) is 8.36. The second-order valence-corrected chi connectivity index (χ2v) is 4.22. The topological polar surface area (TPSA) is 65.0 Å². The van der Waals surface area contributed by atoms with Gasteiger partial charge in [0.1, 0.15) is 18.1 Å². The van der Waals surface area contributed by atoms with Crippen LogP contribution in [0, 0.1) is 0 Å². The Labute approximate surface area is 95.1 Å². The molecule has 0 aromatic carbocycles. The van der Waals surface area contributed by atoms with Gasteiger partial charge in [0.25, 0.3) is 0 Å². The molecule has 0 aromatic rings. The van der Waals surface area contributed by atoms with Crippen LogP contribution in [0.15, 0.2) is 0 Å². The van der Waals surface area contributed by atoms with Crippen molar-refractivity contribution in [3.8, 4) is 0 Å². The highest BCUT2D eigenvalue weighted by Gasteiger charge is 2.45. The molecule has 1 aliphatic rings. The second-order valence-electron chi connectivity index (χ2n) is 3.41. The first-order valence-electron chi connectivity index (χ1n) is 4.81. The molecule has 0 saturated heterocycles. The monoisotopic (exact) mass is 258 g/mol. The molecule has 0 radical (unpaired) electrons. The summed E-state index contributed by atoms with van der Waals surface area (Å²) < 4.78 is 34.0. The van der Waals surface area contributed by atoms with E-state index >= 15 is 0 Å². The molecule has 5 nitrogen and oxygen atoms in total. The minimum atomic E-state index is -3.89. The maximum atomic E-state index is 12.9. The molecule has 8 heteroatoms. The Morgan fingerprint density at radius 2 is 1.94 bits per heavy atom. The summed E-state index contributed by atoms with van der Waals surface area (Å²) in [6.07, 6.45) is 3.51. The third-order valence-corrected chi connectivity index (χ3v) is 2.74. The van der Waals surface area contributed by atoms with Crippen molar-refractivity contribution in [2.24, 2.45) is 0 Å². The van der Waals surface area contributed by atoms with Gasteiger partial charge in [0.15, 0.2) is 0 Å². The molecule has 1 fully saturated rings. The van der Waals surface area contributed by atoms with Crippen LogP contribution in [0.4, 0.5) is 8.78 Å². The van der Waals surface area contributed by atoms with Crippen LogP contribution in [-0.4, -0.2) is 22.6 Å². The van der Waals surface area contributed by atoms with Crippen molar-refractivity contribution in [3.63, 3.8) is 0 Å². The second kappa shape index (κ2) is 6.33. The van der Waals surface area contributed by atoms with Crippen molar-refractivity contribution in [2.75, 3.05) is 0 Å². The number of alkyl halides is 2. The number of ether oxygens (including phenoxy) is 1. The van der Waals surface area contributed by atoms with E-state index in [1.54, 1.807) is 0 Å². The fourth-order valence-corrected chi connectivity index (χ4v) is 1.73. The summed E-state index contributed by atoms with van der Waals surface area (Å²) in [5, 5.41) is 6.81. The van der Waals surface area contributed by atoms with Crippen molar-refractivity contribution in [2.45, 2.75) is 43.5 Å². The van der Waals surface area contributed by atoms with Gasteiger partial charge < -0.3 is 4.74 Å². The van der Waals surface area contributed by atoms with Gasteiger partial charge in [-0.2, -0.15) is 8.78 Å². The number of hydrogen-bond acceptors (Lipinski definition) is 6. The molecule has 94 valence electrons. The molecule has 1 rings (SSSR count). The summed E-state index contributed by atoms with van der Waals surface area (Å²) in [4.78, 5) is 11.0. The Morgan fingerprint density at radius 3 is 2.50 bits per heavy atom. The van der Waals surface area contributed by atoms with E-state index in [2.05, 4.69) is 14.1 Å². The molecule has 16 heavy (non-hydrogen) atoms. The van der Waals surface area contributed by atoms with Crippen LogP contribution < -0.4 is 0 Å². The molecule has 0 aromatic heterocycles. The average Bonchev–Trinajstić information content (AvgIpc) is 2.28. The van der Waals surface area contributed by atoms with Gasteiger partial charge in [0, 0.05) is 0 Å². The van der Waals surface area contributed by atoms with E-state index in [4.69, 9.17) is 5.26 Å². The minimum Gasteiger partial charge on any atom is -0.457 e. The average molecular weight is 258 g/mol. The summed E-state index contributed by atoms with van der Waals surface area (Å²) in [5.41, 5.74) is 0. The van der Waals surface area contributed by atoms with E-state index in [0.29, 0.717) is 12.8 Å². The van der Waals surface area contributed by atoms with E-state index in [1.807, 2.05) is 0 Å². The van der Waals surface area contributed by atoms with Gasteiger partial charge in [0.05, 0.1) is 0 Å². The van der Waals surface area contributed by atoms with Crippen molar-refractivity contribution in [3.05, 3.63) is 0 Å². The molecule has 0 atom stereocenters. The number of hydrogen-bond donors (Lipinski definition) is 1. The standard InChI is InChI=1S/C8H12F2O5S/c9-8(10,16-15-14-12)7(11)13-6-4-2-1-3-5-6/h6,12H,1-5H2. The van der Waals surface area contributed by atoms with E-state index in [0.717, 1.165) is 19.3 Å². The zero-order chi connectivity index (χ0) is 12.0. The molecule has 1 saturated carbocycles. The summed E-state index contributed by atoms with van der Waals surface area (Å²) in [5.74, 6) is -1.68. The van der Waals surface area contributed by atoms with Gasteiger partial charge in [-0.25, -0.2) is 10.1 Å². The molecular weight excluding hydrogens is 246 g/mol. The summed E-state index contributed by atoms with van der Waals surface area (Å²) in [6.45, 7) is 0. The lowest BCUT2D eigenvalue weighted by molar-refractivity contribution is -0.433. The number of esters is 1. The van der Waals surface area contributed by atoms with Crippen LogP contribution in [0.25, 0.3) is 0 Å². The Hall–Kier alpha value is -0.440. The van der Waals surface area contributed by atoms with Gasteiger partial charge in [-0.05, 0) is 25.7 Å². The molecule has 0 amide bonds. The van der Waals surface area contributed by atoms with Crippen molar-refractivity contribution >= 4 is 18.0 Å². The van der Waals surface area contributed by atoms with Crippen LogP contribution in [0.2, 0.25) is 0 Å². The Kier molecular flexibility index (Phi) is 5.39. The predicted octanol–water partition coefficient (Wildman–Crippen LogP) is 2.52. The lowest BCUT2D eigenvalue weighted by atomic mass is 9.98. The maximum absolute atomic E-state index is 12.9. The first-order chi connectivity index (χ1) is 7.56. The third-order valence-electron chi connectivity index (χ3n) is 2.23. The molecule has 0 unspecified atom stereocenters. The number of carbonyl (C=O) groups is 1. The van der Waals surface area contributed by atoms with Crippen LogP contribution >= 0.6 is 12.0 Å². The fraction of sp³-hybridized carbons (Fsp3) is 0.875. The van der Waals surface area contributed by atoms with Gasteiger partial charge in [-0.3, -0.25) is 0 Å². The normalized spacial score (nSPS) is 18.4. The fourth-order valence-electron chi connectivity index (χ4n) is 1.49. The zero-order valence-corrected chi connectivity index (χ0v) is 9.17. The minimum absolute atomic E-state index is 0.456. The highest BCUT2D eigenvalue weighted by molar-refractivity contribution is 7.96. The number of rotatable bonds is 5. The molecule has 0 bridgehead atoms. The molecule has 1 aliphatic carbocycles. The number of halogens is 2. The third kappa shape index (κ3) is 4.20. The Morgan fingerprint density at radius 1 is 1.31 bits per heavy atom. The first-order valence-corrected chi connectivity index (χ1v) is 5.55. The summed E-state index contributed by atoms with van der Waals surface area (Å²) >= 11 is -0.605. The quantitative estimate of drug-likeness (QED) is 0.354. The van der Waals surface area contributed by atoms with Crippen molar-refractivity contribution in [1.82, 2.24) is 0 Å². The van der Waals surface area contributed by atoms with Gasteiger partial charge in [-0.1, -0.05) is 11.5 Å².